The van der Waals surface area contributed by atoms with Crippen LogP contribution in [0.5, 0.6) is 5.75 Å². The van der Waals surface area contributed by atoms with Crippen LogP contribution in [0.25, 0.3) is 0 Å². The van der Waals surface area contributed by atoms with E-state index >= 15 is 0 Å². The number of hydrogen-bond donors (Lipinski definition) is 0. The van der Waals surface area contributed by atoms with Gasteiger partial charge in [0.2, 0.25) is 0 Å². The van der Waals surface area contributed by atoms with Crippen LogP contribution in [-0.2, 0) is 0 Å². The molecule has 50 valence electrons. The number of hydrogen-bond acceptors (Lipinski definition) is 3. The van der Waals surface area contributed by atoms with E-state index in [1.807, 2.05) is 5.40 Å². The number of thioether (sulfide) groups is 1. The second-order valence-corrected chi connectivity index (χ2v) is 2.52. The average molecular weight is 173 g/mol. The van der Waals surface area contributed by atoms with Crippen LogP contribution in [0.2, 0.25) is 0 Å². The summed E-state index contributed by atoms with van der Waals surface area (Å²) in [6, 6.07) is 6.16. The molecule has 11 heavy (non-hydrogen) atoms. The Bertz CT molecular complexity index is 254. The summed E-state index contributed by atoms with van der Waals surface area (Å²) in [4.78, 5) is 0.808. The van der Waals surface area contributed by atoms with Crippen molar-refractivity contribution in [1.82, 2.24) is 0 Å². The minimum atomic E-state index is -0.0257. The number of benzene rings is 1. The molecule has 0 N–H and O–H groups in total. The third-order valence-corrected chi connectivity index (χ3v) is 1.59. The van der Waals surface area contributed by atoms with Gasteiger partial charge >= 0.3 is 29.6 Å². The van der Waals surface area contributed by atoms with Crippen LogP contribution in [0.3, 0.4) is 0 Å². The summed E-state index contributed by atoms with van der Waals surface area (Å²) in [5.41, 5.74) is 0. The van der Waals surface area contributed by atoms with E-state index in [0.717, 1.165) is 16.7 Å². The number of nitrogens with zero attached hydrogens (tertiary/aromatic N) is 1. The van der Waals surface area contributed by atoms with Crippen LogP contribution in [0.4, 0.5) is 0 Å². The zero-order valence-corrected chi connectivity index (χ0v) is 8.89. The summed E-state index contributed by atoms with van der Waals surface area (Å²) < 4.78 is 0. The average Bonchev–Trinajstić information content (AvgIpc) is 1.95. The van der Waals surface area contributed by atoms with E-state index < -0.39 is 0 Å². The maximum atomic E-state index is 10.5. The molecule has 0 amide bonds. The van der Waals surface area contributed by atoms with Crippen LogP contribution in [0, 0.1) is 10.7 Å². The van der Waals surface area contributed by atoms with Crippen LogP contribution >= 0.6 is 11.8 Å². The van der Waals surface area contributed by atoms with E-state index in [4.69, 9.17) is 5.26 Å². The standard InChI is InChI=1S/C7H5NOS.Na/c8-5-10-7-3-1-6(9)2-4-7;/h1-4,9H;/q;+1/p-1. The van der Waals surface area contributed by atoms with Crippen molar-refractivity contribution in [3.05, 3.63) is 24.3 Å². The predicted molar refractivity (Wildman–Crippen MR) is 37.4 cm³/mol. The molecule has 1 aromatic rings. The van der Waals surface area contributed by atoms with Gasteiger partial charge in [-0.25, -0.2) is 0 Å². The fourth-order valence-corrected chi connectivity index (χ4v) is 0.938. The van der Waals surface area contributed by atoms with Crippen molar-refractivity contribution in [3.8, 4) is 11.2 Å². The van der Waals surface area contributed by atoms with Gasteiger partial charge in [0.05, 0.1) is 0 Å². The zero-order valence-electron chi connectivity index (χ0n) is 6.07. The summed E-state index contributed by atoms with van der Waals surface area (Å²) in [6.07, 6.45) is 0. The monoisotopic (exact) mass is 173 g/mol. The van der Waals surface area contributed by atoms with Gasteiger partial charge in [-0.15, -0.1) is 5.75 Å². The molecule has 0 fully saturated rings. The van der Waals surface area contributed by atoms with Crippen LogP contribution in [-0.4, -0.2) is 0 Å². The third-order valence-electron chi connectivity index (χ3n) is 0.987. The molecule has 0 bridgehead atoms. The van der Waals surface area contributed by atoms with E-state index in [-0.39, 0.29) is 35.3 Å². The van der Waals surface area contributed by atoms with Crippen LogP contribution in [0.1, 0.15) is 0 Å². The van der Waals surface area contributed by atoms with Gasteiger partial charge < -0.3 is 5.11 Å². The predicted octanol–water partition coefficient (Wildman–Crippen LogP) is -1.66. The zero-order chi connectivity index (χ0) is 7.40. The summed E-state index contributed by atoms with van der Waals surface area (Å²) in [6.45, 7) is 0. The van der Waals surface area contributed by atoms with E-state index in [1.165, 1.54) is 12.1 Å². The van der Waals surface area contributed by atoms with Gasteiger partial charge in [-0.05, 0) is 23.9 Å². The van der Waals surface area contributed by atoms with E-state index in [2.05, 4.69) is 0 Å². The summed E-state index contributed by atoms with van der Waals surface area (Å²) in [7, 11) is 0. The first-order valence-electron chi connectivity index (χ1n) is 2.66. The van der Waals surface area contributed by atoms with Gasteiger partial charge in [0.25, 0.3) is 0 Å². The number of nitriles is 1. The number of thiocyanates is 1. The van der Waals surface area contributed by atoms with E-state index in [9.17, 15) is 5.11 Å². The fourth-order valence-electron chi connectivity index (χ4n) is 0.560. The second-order valence-electron chi connectivity index (χ2n) is 1.66. The van der Waals surface area contributed by atoms with Crippen molar-refractivity contribution in [1.29, 1.82) is 5.26 Å². The van der Waals surface area contributed by atoms with Gasteiger partial charge in [0, 0.05) is 4.90 Å². The third kappa shape index (κ3) is 3.68. The molecule has 0 radical (unpaired) electrons. The molecule has 0 unspecified atom stereocenters. The molecule has 1 rings (SSSR count). The van der Waals surface area contributed by atoms with Crippen molar-refractivity contribution >= 4 is 11.8 Å². The van der Waals surface area contributed by atoms with Crippen molar-refractivity contribution in [3.63, 3.8) is 0 Å². The van der Waals surface area contributed by atoms with Crippen molar-refractivity contribution in [2.24, 2.45) is 0 Å². The largest absolute Gasteiger partial charge is 1.00 e. The Morgan fingerprint density at radius 1 is 1.27 bits per heavy atom. The Hall–Kier alpha value is -0.140. The fraction of sp³-hybridized carbons (Fsp3) is 0. The molecule has 0 aliphatic rings. The molecule has 0 heterocycles. The van der Waals surface area contributed by atoms with E-state index in [0.29, 0.717) is 0 Å². The Morgan fingerprint density at radius 3 is 2.27 bits per heavy atom. The Kier molecular flexibility index (Phi) is 5.43. The second kappa shape index (κ2) is 5.50. The quantitative estimate of drug-likeness (QED) is 0.290. The summed E-state index contributed by atoms with van der Waals surface area (Å²) in [5, 5.41) is 20.7. The minimum absolute atomic E-state index is 0. The molecular weight excluding hydrogens is 169 g/mol. The van der Waals surface area contributed by atoms with Crippen molar-refractivity contribution in [2.45, 2.75) is 4.90 Å². The molecule has 1 aromatic carbocycles. The first-order chi connectivity index (χ1) is 4.83. The van der Waals surface area contributed by atoms with Crippen LogP contribution in [0.15, 0.2) is 29.2 Å². The van der Waals surface area contributed by atoms with Gasteiger partial charge in [-0.1, -0.05) is 12.1 Å². The maximum Gasteiger partial charge on any atom is 1.00 e. The Balaban J connectivity index is 0.000001000. The molecule has 0 saturated heterocycles. The smallest absolute Gasteiger partial charge is 0.872 e. The molecule has 0 atom stereocenters. The Labute approximate surface area is 91.5 Å². The molecule has 0 saturated carbocycles. The topological polar surface area (TPSA) is 46.8 Å². The summed E-state index contributed by atoms with van der Waals surface area (Å²) in [5.74, 6) is -0.0257. The van der Waals surface area contributed by atoms with E-state index in [1.54, 1.807) is 12.1 Å². The Morgan fingerprint density at radius 2 is 1.82 bits per heavy atom. The molecule has 0 aliphatic carbocycles. The van der Waals surface area contributed by atoms with Gasteiger partial charge in [0.1, 0.15) is 5.40 Å². The first-order valence-corrected chi connectivity index (χ1v) is 3.47. The van der Waals surface area contributed by atoms with Gasteiger partial charge in [-0.3, -0.25) is 0 Å². The minimum Gasteiger partial charge on any atom is -0.872 e. The molecule has 4 heteroatoms. The normalized spacial score (nSPS) is 7.91. The van der Waals surface area contributed by atoms with Crippen LogP contribution < -0.4 is 34.7 Å². The maximum absolute atomic E-state index is 10.5. The summed E-state index contributed by atoms with van der Waals surface area (Å²) >= 11 is 1.05. The van der Waals surface area contributed by atoms with Gasteiger partial charge in [-0.2, -0.15) is 5.26 Å². The number of rotatable bonds is 1. The van der Waals surface area contributed by atoms with Crippen molar-refractivity contribution < 1.29 is 34.7 Å². The first kappa shape index (κ1) is 10.9. The van der Waals surface area contributed by atoms with Gasteiger partial charge in [0.15, 0.2) is 0 Å². The molecule has 0 aromatic heterocycles. The molecule has 2 nitrogen and oxygen atoms in total. The van der Waals surface area contributed by atoms with Crippen molar-refractivity contribution in [2.75, 3.05) is 0 Å². The molecular formula is C7H4NNaOS. The molecule has 0 spiro atoms. The molecule has 0 aliphatic heterocycles. The SMILES string of the molecule is N#CSc1ccc([O-])cc1.[Na+].